The molecule has 1 N–H and O–H groups in total. The van der Waals surface area contributed by atoms with Gasteiger partial charge in [-0.15, -0.1) is 0 Å². The minimum atomic E-state index is 0.592. The summed E-state index contributed by atoms with van der Waals surface area (Å²) in [6, 6.07) is 11.1. The molecule has 4 unspecified atom stereocenters. The molecule has 0 spiro atoms. The average molecular weight is 272 g/mol. The van der Waals surface area contributed by atoms with Crippen LogP contribution in [0.2, 0.25) is 0 Å². The first kappa shape index (κ1) is 13.9. The Morgan fingerprint density at radius 1 is 1.20 bits per heavy atom. The molecule has 2 aliphatic carbocycles. The molecule has 2 heteroatoms. The SMILES string of the molecule is CC(CNc1ccccc1)N(C)CC1CC2CCC1C2. The topological polar surface area (TPSA) is 15.3 Å². The standard InChI is InChI=1S/C18H28N2/c1-14(12-19-18-6-4-3-5-7-18)20(2)13-17-11-15-8-9-16(17)10-15/h3-7,14-17,19H,8-13H2,1-2H3. The summed E-state index contributed by atoms with van der Waals surface area (Å²) in [7, 11) is 2.29. The molecule has 2 aliphatic rings. The van der Waals surface area contributed by atoms with Gasteiger partial charge in [0.1, 0.15) is 0 Å². The van der Waals surface area contributed by atoms with Crippen molar-refractivity contribution in [1.82, 2.24) is 4.90 Å². The second-order valence-corrected chi connectivity index (χ2v) is 6.97. The van der Waals surface area contributed by atoms with Crippen molar-refractivity contribution >= 4 is 5.69 Å². The highest BCUT2D eigenvalue weighted by Crippen LogP contribution is 2.48. The lowest BCUT2D eigenvalue weighted by Gasteiger charge is -2.31. The minimum Gasteiger partial charge on any atom is -0.383 e. The van der Waals surface area contributed by atoms with Crippen LogP contribution in [0.3, 0.4) is 0 Å². The molecule has 2 fully saturated rings. The molecule has 2 bridgehead atoms. The van der Waals surface area contributed by atoms with Gasteiger partial charge >= 0.3 is 0 Å². The summed E-state index contributed by atoms with van der Waals surface area (Å²) in [4.78, 5) is 2.56. The van der Waals surface area contributed by atoms with Crippen LogP contribution in [-0.4, -0.2) is 31.1 Å². The fraction of sp³-hybridized carbons (Fsp3) is 0.667. The number of hydrogen-bond donors (Lipinski definition) is 1. The Hall–Kier alpha value is -1.02. The van der Waals surface area contributed by atoms with Crippen molar-refractivity contribution < 1.29 is 0 Å². The Bertz CT molecular complexity index is 417. The van der Waals surface area contributed by atoms with Gasteiger partial charge in [0.05, 0.1) is 0 Å². The lowest BCUT2D eigenvalue weighted by molar-refractivity contribution is 0.186. The molecule has 0 aliphatic heterocycles. The van der Waals surface area contributed by atoms with Gasteiger partial charge in [0.25, 0.3) is 0 Å². The van der Waals surface area contributed by atoms with Gasteiger partial charge in [-0.25, -0.2) is 0 Å². The zero-order valence-electron chi connectivity index (χ0n) is 12.9. The number of benzene rings is 1. The lowest BCUT2D eigenvalue weighted by atomic mass is 9.88. The van der Waals surface area contributed by atoms with E-state index in [1.54, 1.807) is 0 Å². The molecule has 0 heterocycles. The van der Waals surface area contributed by atoms with Crippen molar-refractivity contribution in [3.8, 4) is 0 Å². The van der Waals surface area contributed by atoms with Crippen molar-refractivity contribution in [2.45, 2.75) is 38.6 Å². The van der Waals surface area contributed by atoms with Crippen LogP contribution in [-0.2, 0) is 0 Å². The van der Waals surface area contributed by atoms with E-state index in [0.717, 1.165) is 24.3 Å². The summed E-state index contributed by atoms with van der Waals surface area (Å²) in [6.45, 7) is 4.66. The van der Waals surface area contributed by atoms with Gasteiger partial charge in [-0.2, -0.15) is 0 Å². The monoisotopic (exact) mass is 272 g/mol. The van der Waals surface area contributed by atoms with Gasteiger partial charge in [-0.3, -0.25) is 0 Å². The zero-order chi connectivity index (χ0) is 13.9. The molecular weight excluding hydrogens is 244 g/mol. The number of rotatable bonds is 6. The van der Waals surface area contributed by atoms with E-state index in [4.69, 9.17) is 0 Å². The number of anilines is 1. The van der Waals surface area contributed by atoms with E-state index < -0.39 is 0 Å². The first-order valence-electron chi connectivity index (χ1n) is 8.21. The van der Waals surface area contributed by atoms with Gasteiger partial charge in [0.2, 0.25) is 0 Å². The molecule has 110 valence electrons. The highest BCUT2D eigenvalue weighted by atomic mass is 15.1. The first-order valence-corrected chi connectivity index (χ1v) is 8.21. The maximum atomic E-state index is 3.54. The Kier molecular flexibility index (Phi) is 4.30. The Labute approximate surface area is 123 Å². The molecule has 1 aromatic carbocycles. The van der Waals surface area contributed by atoms with Crippen molar-refractivity contribution in [3.63, 3.8) is 0 Å². The largest absolute Gasteiger partial charge is 0.383 e. The van der Waals surface area contributed by atoms with Crippen LogP contribution in [0.1, 0.15) is 32.6 Å². The summed E-state index contributed by atoms with van der Waals surface area (Å²) >= 11 is 0. The predicted octanol–water partition coefficient (Wildman–Crippen LogP) is 3.86. The second-order valence-electron chi connectivity index (χ2n) is 6.97. The summed E-state index contributed by atoms with van der Waals surface area (Å²) in [6.07, 6.45) is 6.03. The quantitative estimate of drug-likeness (QED) is 0.846. The van der Waals surface area contributed by atoms with Crippen LogP contribution in [0.25, 0.3) is 0 Å². The van der Waals surface area contributed by atoms with Crippen molar-refractivity contribution in [1.29, 1.82) is 0 Å². The number of para-hydroxylation sites is 1. The van der Waals surface area contributed by atoms with E-state index >= 15 is 0 Å². The number of likely N-dealkylation sites (N-methyl/N-ethyl adjacent to an activating group) is 1. The van der Waals surface area contributed by atoms with Crippen LogP contribution in [0.4, 0.5) is 5.69 Å². The Morgan fingerprint density at radius 2 is 2.00 bits per heavy atom. The number of hydrogen-bond acceptors (Lipinski definition) is 2. The number of fused-ring (bicyclic) bond motifs is 2. The average Bonchev–Trinajstić information content (AvgIpc) is 3.08. The van der Waals surface area contributed by atoms with Crippen LogP contribution < -0.4 is 5.32 Å². The number of nitrogens with one attached hydrogen (secondary N) is 1. The first-order chi connectivity index (χ1) is 9.72. The molecule has 2 nitrogen and oxygen atoms in total. The third-order valence-electron chi connectivity index (χ3n) is 5.53. The summed E-state index contributed by atoms with van der Waals surface area (Å²) in [5.41, 5.74) is 1.23. The van der Waals surface area contributed by atoms with Crippen LogP contribution in [0.5, 0.6) is 0 Å². The predicted molar refractivity (Wildman–Crippen MR) is 86.0 cm³/mol. The third-order valence-corrected chi connectivity index (χ3v) is 5.53. The molecular formula is C18H28N2. The van der Waals surface area contributed by atoms with E-state index in [1.807, 2.05) is 0 Å². The van der Waals surface area contributed by atoms with Crippen LogP contribution in [0.15, 0.2) is 30.3 Å². The minimum absolute atomic E-state index is 0.592. The maximum absolute atomic E-state index is 3.54. The highest BCUT2D eigenvalue weighted by Gasteiger charge is 2.39. The zero-order valence-corrected chi connectivity index (χ0v) is 12.9. The van der Waals surface area contributed by atoms with Gasteiger partial charge < -0.3 is 10.2 Å². The molecule has 4 atom stereocenters. The molecule has 0 aromatic heterocycles. The van der Waals surface area contributed by atoms with Crippen molar-refractivity contribution in [3.05, 3.63) is 30.3 Å². The molecule has 2 saturated carbocycles. The summed E-state index contributed by atoms with van der Waals surface area (Å²) in [5, 5.41) is 3.54. The van der Waals surface area contributed by atoms with Gasteiger partial charge in [-0.05, 0) is 63.1 Å². The van der Waals surface area contributed by atoms with Crippen LogP contribution >= 0.6 is 0 Å². The molecule has 0 saturated heterocycles. The normalized spacial score (nSPS) is 29.9. The Morgan fingerprint density at radius 3 is 2.65 bits per heavy atom. The Balaban J connectivity index is 1.44. The van der Waals surface area contributed by atoms with E-state index in [0.29, 0.717) is 6.04 Å². The highest BCUT2D eigenvalue weighted by molar-refractivity contribution is 5.42. The van der Waals surface area contributed by atoms with Gasteiger partial charge in [-0.1, -0.05) is 24.6 Å². The second kappa shape index (κ2) is 6.17. The summed E-state index contributed by atoms with van der Waals surface area (Å²) < 4.78 is 0. The smallest absolute Gasteiger partial charge is 0.0340 e. The van der Waals surface area contributed by atoms with Crippen LogP contribution in [0, 0.1) is 17.8 Å². The maximum Gasteiger partial charge on any atom is 0.0340 e. The fourth-order valence-corrected chi connectivity index (χ4v) is 4.13. The van der Waals surface area contributed by atoms with E-state index in [2.05, 4.69) is 54.5 Å². The van der Waals surface area contributed by atoms with Gasteiger partial charge in [0, 0.05) is 24.8 Å². The van der Waals surface area contributed by atoms with Gasteiger partial charge in [0.15, 0.2) is 0 Å². The molecule has 20 heavy (non-hydrogen) atoms. The third kappa shape index (κ3) is 3.17. The van der Waals surface area contributed by atoms with Crippen molar-refractivity contribution in [2.24, 2.45) is 17.8 Å². The lowest BCUT2D eigenvalue weighted by Crippen LogP contribution is -2.39. The molecule has 3 rings (SSSR count). The number of nitrogens with zero attached hydrogens (tertiary/aromatic N) is 1. The fourth-order valence-electron chi connectivity index (χ4n) is 4.13. The van der Waals surface area contributed by atoms with Crippen molar-refractivity contribution in [2.75, 3.05) is 25.5 Å². The van der Waals surface area contributed by atoms with E-state index in [1.165, 1.54) is 37.9 Å². The molecule has 0 amide bonds. The molecule has 0 radical (unpaired) electrons. The van der Waals surface area contributed by atoms with E-state index in [-0.39, 0.29) is 0 Å². The summed E-state index contributed by atoms with van der Waals surface area (Å²) in [5.74, 6) is 3.07. The van der Waals surface area contributed by atoms with E-state index in [9.17, 15) is 0 Å². The molecule has 1 aromatic rings.